The standard InChI is InChI=1S/C14H18FN.C9H7NO2S/c1-3-11(2)5-4-6-12-7-8-13(10-16)14(15)9-12;1-5-6(9(11)12)4-10-7-2-3-13-8(5)7/h7-9,11H,3-6H2,1-2H3;2-4H,1H3,(H,11,12). The summed E-state index contributed by atoms with van der Waals surface area (Å²) in [6, 6.07) is 8.61. The van der Waals surface area contributed by atoms with E-state index in [1.54, 1.807) is 6.07 Å². The molecule has 0 saturated heterocycles. The Hall–Kier alpha value is -2.78. The monoisotopic (exact) mass is 412 g/mol. The van der Waals surface area contributed by atoms with Crippen LogP contribution in [0.15, 0.2) is 35.8 Å². The molecule has 0 amide bonds. The molecule has 0 spiro atoms. The molecule has 3 rings (SSSR count). The van der Waals surface area contributed by atoms with E-state index in [0.717, 1.165) is 40.1 Å². The number of carboxylic acids is 1. The Kier molecular flexibility index (Phi) is 8.29. The fourth-order valence-electron chi connectivity index (χ4n) is 2.92. The van der Waals surface area contributed by atoms with Gasteiger partial charge in [0.1, 0.15) is 11.9 Å². The average Bonchev–Trinajstić information content (AvgIpc) is 3.18. The molecular formula is C23H25FN2O2S. The zero-order chi connectivity index (χ0) is 21.4. The Bertz CT molecular complexity index is 1020. The first kappa shape index (κ1) is 22.5. The van der Waals surface area contributed by atoms with Crippen molar-refractivity contribution in [2.24, 2.45) is 5.92 Å². The molecule has 2 aromatic heterocycles. The van der Waals surface area contributed by atoms with Gasteiger partial charge in [0.2, 0.25) is 0 Å². The third-order valence-electron chi connectivity index (χ3n) is 4.97. The summed E-state index contributed by atoms with van der Waals surface area (Å²) in [5.74, 6) is -0.577. The summed E-state index contributed by atoms with van der Waals surface area (Å²) in [5.41, 5.74) is 3.07. The Morgan fingerprint density at radius 1 is 1.38 bits per heavy atom. The van der Waals surface area contributed by atoms with Gasteiger partial charge in [-0.15, -0.1) is 11.3 Å². The van der Waals surface area contributed by atoms with Crippen LogP contribution in [0.3, 0.4) is 0 Å². The molecule has 1 N–H and O–H groups in total. The average molecular weight is 413 g/mol. The predicted molar refractivity (Wildman–Crippen MR) is 115 cm³/mol. The van der Waals surface area contributed by atoms with Crippen LogP contribution in [0.4, 0.5) is 4.39 Å². The molecule has 0 saturated carbocycles. The lowest BCUT2D eigenvalue weighted by atomic mass is 9.99. The first-order chi connectivity index (χ1) is 13.9. The van der Waals surface area contributed by atoms with Gasteiger partial charge in [0, 0.05) is 6.20 Å². The van der Waals surface area contributed by atoms with Gasteiger partial charge in [-0.1, -0.05) is 32.8 Å². The second kappa shape index (κ2) is 10.7. The highest BCUT2D eigenvalue weighted by molar-refractivity contribution is 7.17. The maximum atomic E-state index is 13.3. The smallest absolute Gasteiger partial charge is 0.337 e. The van der Waals surface area contributed by atoms with Crippen LogP contribution < -0.4 is 0 Å². The number of pyridine rings is 1. The van der Waals surface area contributed by atoms with Crippen LogP contribution in [0.5, 0.6) is 0 Å². The van der Waals surface area contributed by atoms with E-state index in [1.807, 2.05) is 30.5 Å². The number of halogens is 1. The van der Waals surface area contributed by atoms with E-state index in [9.17, 15) is 9.18 Å². The molecule has 1 unspecified atom stereocenters. The fraction of sp³-hybridized carbons (Fsp3) is 0.348. The summed E-state index contributed by atoms with van der Waals surface area (Å²) in [6.45, 7) is 6.23. The van der Waals surface area contributed by atoms with Gasteiger partial charge in [-0.25, -0.2) is 9.18 Å². The van der Waals surface area contributed by atoms with Crippen LogP contribution in [0.25, 0.3) is 10.2 Å². The van der Waals surface area contributed by atoms with Gasteiger partial charge in [-0.3, -0.25) is 4.98 Å². The Labute approximate surface area is 174 Å². The molecule has 1 aromatic carbocycles. The van der Waals surface area contributed by atoms with Crippen molar-refractivity contribution >= 4 is 27.5 Å². The van der Waals surface area contributed by atoms with Crippen molar-refractivity contribution in [3.63, 3.8) is 0 Å². The third kappa shape index (κ3) is 6.10. The van der Waals surface area contributed by atoms with Gasteiger partial charge in [0.05, 0.1) is 21.3 Å². The maximum Gasteiger partial charge on any atom is 0.337 e. The lowest BCUT2D eigenvalue weighted by Gasteiger charge is -2.07. The number of hydrogen-bond donors (Lipinski definition) is 1. The molecule has 0 aliphatic heterocycles. The minimum absolute atomic E-state index is 0.130. The molecule has 0 aliphatic rings. The summed E-state index contributed by atoms with van der Waals surface area (Å²) in [5, 5.41) is 19.3. The van der Waals surface area contributed by atoms with E-state index in [-0.39, 0.29) is 11.1 Å². The number of thiophene rings is 1. The van der Waals surface area contributed by atoms with Crippen LogP contribution in [0.2, 0.25) is 0 Å². The summed E-state index contributed by atoms with van der Waals surface area (Å²) >= 11 is 1.52. The minimum atomic E-state index is -0.916. The van der Waals surface area contributed by atoms with Crippen LogP contribution >= 0.6 is 11.3 Å². The van der Waals surface area contributed by atoms with Gasteiger partial charge < -0.3 is 5.11 Å². The molecule has 6 heteroatoms. The summed E-state index contributed by atoms with van der Waals surface area (Å²) in [4.78, 5) is 14.8. The van der Waals surface area contributed by atoms with Crippen molar-refractivity contribution in [2.75, 3.05) is 0 Å². The molecule has 0 radical (unpaired) electrons. The van der Waals surface area contributed by atoms with Gasteiger partial charge >= 0.3 is 5.97 Å². The molecular weight excluding hydrogens is 387 g/mol. The minimum Gasteiger partial charge on any atom is -0.478 e. The molecule has 29 heavy (non-hydrogen) atoms. The number of aromatic carboxylic acids is 1. The molecule has 2 heterocycles. The second-order valence-electron chi connectivity index (χ2n) is 7.07. The maximum absolute atomic E-state index is 13.3. The normalized spacial score (nSPS) is 11.4. The summed E-state index contributed by atoms with van der Waals surface area (Å²) < 4.78 is 14.2. The first-order valence-electron chi connectivity index (χ1n) is 9.62. The van der Waals surface area contributed by atoms with Crippen LogP contribution in [-0.2, 0) is 6.42 Å². The lowest BCUT2D eigenvalue weighted by Crippen LogP contribution is -2.00. The molecule has 4 nitrogen and oxygen atoms in total. The number of aromatic nitrogens is 1. The SMILES string of the molecule is CCC(C)CCCc1ccc(C#N)c(F)c1.Cc1c(C(=O)O)cnc2ccsc12. The Morgan fingerprint density at radius 3 is 2.76 bits per heavy atom. The van der Waals surface area contributed by atoms with Gasteiger partial charge in [-0.2, -0.15) is 5.26 Å². The third-order valence-corrected chi connectivity index (χ3v) is 5.99. The number of rotatable bonds is 6. The van der Waals surface area contributed by atoms with Crippen molar-refractivity contribution in [1.82, 2.24) is 4.98 Å². The molecule has 1 atom stereocenters. The number of benzene rings is 1. The molecule has 0 bridgehead atoms. The second-order valence-corrected chi connectivity index (χ2v) is 7.98. The highest BCUT2D eigenvalue weighted by Gasteiger charge is 2.11. The van der Waals surface area contributed by atoms with Crippen molar-refractivity contribution < 1.29 is 14.3 Å². The van der Waals surface area contributed by atoms with Crippen LogP contribution in [0, 0.1) is 30.0 Å². The summed E-state index contributed by atoms with van der Waals surface area (Å²) in [7, 11) is 0. The number of aryl methyl sites for hydroxylation is 2. The van der Waals surface area contributed by atoms with E-state index in [2.05, 4.69) is 18.8 Å². The zero-order valence-electron chi connectivity index (χ0n) is 16.9. The molecule has 0 aliphatic carbocycles. The largest absolute Gasteiger partial charge is 0.478 e. The van der Waals surface area contributed by atoms with E-state index >= 15 is 0 Å². The molecule has 3 aromatic rings. The van der Waals surface area contributed by atoms with Gasteiger partial charge in [0.15, 0.2) is 0 Å². The van der Waals surface area contributed by atoms with Gasteiger partial charge in [0.25, 0.3) is 0 Å². The van der Waals surface area contributed by atoms with E-state index < -0.39 is 11.8 Å². The van der Waals surface area contributed by atoms with Crippen molar-refractivity contribution in [2.45, 2.75) is 46.5 Å². The Balaban J connectivity index is 0.000000211. The quantitative estimate of drug-likeness (QED) is 0.510. The number of nitrogens with zero attached hydrogens (tertiary/aromatic N) is 2. The lowest BCUT2D eigenvalue weighted by molar-refractivity contribution is 0.0696. The predicted octanol–water partition coefficient (Wildman–Crippen LogP) is 6.37. The van der Waals surface area contributed by atoms with Crippen molar-refractivity contribution in [3.8, 4) is 6.07 Å². The van der Waals surface area contributed by atoms with Crippen molar-refractivity contribution in [1.29, 1.82) is 5.26 Å². The van der Waals surface area contributed by atoms with E-state index in [0.29, 0.717) is 0 Å². The zero-order valence-corrected chi connectivity index (χ0v) is 17.7. The Morgan fingerprint density at radius 2 is 2.14 bits per heavy atom. The number of nitriles is 1. The van der Waals surface area contributed by atoms with Crippen LogP contribution in [0.1, 0.15) is 60.2 Å². The van der Waals surface area contributed by atoms with Gasteiger partial charge in [-0.05, 0) is 60.4 Å². The first-order valence-corrected chi connectivity index (χ1v) is 10.5. The molecule has 152 valence electrons. The van der Waals surface area contributed by atoms with E-state index in [1.165, 1.54) is 36.4 Å². The number of carboxylic acid groups (broad SMARTS) is 1. The highest BCUT2D eigenvalue weighted by Crippen LogP contribution is 2.24. The topological polar surface area (TPSA) is 74.0 Å². The fourth-order valence-corrected chi connectivity index (χ4v) is 3.78. The number of carbonyl (C=O) groups is 1. The van der Waals surface area contributed by atoms with E-state index in [4.69, 9.17) is 10.4 Å². The van der Waals surface area contributed by atoms with Crippen LogP contribution in [-0.4, -0.2) is 16.1 Å². The van der Waals surface area contributed by atoms with Crippen molar-refractivity contribution in [3.05, 3.63) is 63.9 Å². The number of hydrogen-bond acceptors (Lipinski definition) is 4. The highest BCUT2D eigenvalue weighted by atomic mass is 32.1. The number of fused-ring (bicyclic) bond motifs is 1. The molecule has 0 fully saturated rings. The summed E-state index contributed by atoms with van der Waals surface area (Å²) in [6.07, 6.45) is 5.76.